The van der Waals surface area contributed by atoms with Crippen LogP contribution in [-0.2, 0) is 19.0 Å². The second kappa shape index (κ2) is 6.93. The number of carbonyl (C=O) groups is 1. The molecule has 5 heteroatoms. The van der Waals surface area contributed by atoms with Crippen molar-refractivity contribution in [3.8, 4) is 0 Å². The summed E-state index contributed by atoms with van der Waals surface area (Å²) in [6, 6.07) is 0. The fourth-order valence-electron chi connectivity index (χ4n) is 1.80. The molecule has 100 valence electrons. The van der Waals surface area contributed by atoms with Gasteiger partial charge in [-0.25, -0.2) is 0 Å². The number of methoxy groups -OCH3 is 1. The van der Waals surface area contributed by atoms with Crippen molar-refractivity contribution < 1.29 is 19.0 Å². The normalized spacial score (nSPS) is 23.4. The second-order valence-corrected chi connectivity index (χ2v) is 4.63. The summed E-state index contributed by atoms with van der Waals surface area (Å²) in [5.74, 6) is 0.252. The van der Waals surface area contributed by atoms with Crippen LogP contribution in [0.2, 0.25) is 0 Å². The quantitative estimate of drug-likeness (QED) is 0.525. The van der Waals surface area contributed by atoms with Crippen molar-refractivity contribution in [3.05, 3.63) is 0 Å². The third-order valence-electron chi connectivity index (χ3n) is 3.31. The Kier molecular flexibility index (Phi) is 5.88. The van der Waals surface area contributed by atoms with Gasteiger partial charge in [0.1, 0.15) is 5.54 Å². The lowest BCUT2D eigenvalue weighted by atomic mass is 9.99. The van der Waals surface area contributed by atoms with Gasteiger partial charge in [-0.1, -0.05) is 0 Å². The molecule has 1 aliphatic rings. The maximum atomic E-state index is 11.6. The Bertz CT molecular complexity index is 241. The molecule has 2 unspecified atom stereocenters. The van der Waals surface area contributed by atoms with Crippen molar-refractivity contribution in [1.29, 1.82) is 0 Å². The highest BCUT2D eigenvalue weighted by atomic mass is 16.5. The summed E-state index contributed by atoms with van der Waals surface area (Å²) in [7, 11) is 3.15. The van der Waals surface area contributed by atoms with Gasteiger partial charge in [-0.15, -0.1) is 0 Å². The highest BCUT2D eigenvalue weighted by molar-refractivity contribution is 5.80. The van der Waals surface area contributed by atoms with Gasteiger partial charge >= 0.3 is 5.97 Å². The number of ether oxygens (including phenoxy) is 3. The van der Waals surface area contributed by atoms with Crippen molar-refractivity contribution in [2.24, 2.45) is 5.92 Å². The molecule has 0 aromatic carbocycles. The zero-order valence-corrected chi connectivity index (χ0v) is 11.0. The zero-order valence-electron chi connectivity index (χ0n) is 11.0. The first-order chi connectivity index (χ1) is 8.12. The van der Waals surface area contributed by atoms with E-state index in [1.165, 1.54) is 7.11 Å². The first-order valence-corrected chi connectivity index (χ1v) is 6.05. The monoisotopic (exact) mass is 245 g/mol. The van der Waals surface area contributed by atoms with E-state index in [-0.39, 0.29) is 5.97 Å². The van der Waals surface area contributed by atoms with Gasteiger partial charge in [-0.05, 0) is 26.8 Å². The molecular formula is C12H23NO4. The smallest absolute Gasteiger partial charge is 0.325 e. The first kappa shape index (κ1) is 14.4. The number of rotatable bonds is 7. The maximum absolute atomic E-state index is 11.6. The van der Waals surface area contributed by atoms with Crippen LogP contribution in [0.15, 0.2) is 0 Å². The van der Waals surface area contributed by atoms with Crippen LogP contribution >= 0.6 is 0 Å². The van der Waals surface area contributed by atoms with Crippen LogP contribution < -0.4 is 5.32 Å². The molecular weight excluding hydrogens is 222 g/mol. The summed E-state index contributed by atoms with van der Waals surface area (Å²) in [6.07, 6.45) is 1.67. The van der Waals surface area contributed by atoms with E-state index in [1.807, 2.05) is 6.92 Å². The van der Waals surface area contributed by atoms with Gasteiger partial charge in [0.05, 0.1) is 20.3 Å². The molecule has 0 aliphatic carbocycles. The standard InChI is InChI=1S/C12H23NO4/c1-12(13-2,11(14)15-3)5-7-17-9-10-4-6-16-8-10/h10,13H,4-9H2,1-3H3. The van der Waals surface area contributed by atoms with Gasteiger partial charge in [0.25, 0.3) is 0 Å². The lowest BCUT2D eigenvalue weighted by molar-refractivity contribution is -0.148. The minimum Gasteiger partial charge on any atom is -0.468 e. The van der Waals surface area contributed by atoms with Crippen molar-refractivity contribution in [3.63, 3.8) is 0 Å². The summed E-state index contributed by atoms with van der Waals surface area (Å²) in [4.78, 5) is 11.6. The second-order valence-electron chi connectivity index (χ2n) is 4.63. The number of hydrogen-bond donors (Lipinski definition) is 1. The van der Waals surface area contributed by atoms with E-state index >= 15 is 0 Å². The molecule has 0 amide bonds. The Morgan fingerprint density at radius 3 is 2.88 bits per heavy atom. The van der Waals surface area contributed by atoms with E-state index in [1.54, 1.807) is 7.05 Å². The number of hydrogen-bond acceptors (Lipinski definition) is 5. The SMILES string of the molecule is CNC(C)(CCOCC1CCOC1)C(=O)OC. The van der Waals surface area contributed by atoms with Crippen LogP contribution in [0.25, 0.3) is 0 Å². The molecule has 17 heavy (non-hydrogen) atoms. The summed E-state index contributed by atoms with van der Waals surface area (Å²) in [6.45, 7) is 4.70. The van der Waals surface area contributed by atoms with Gasteiger partial charge in [-0.2, -0.15) is 0 Å². The van der Waals surface area contributed by atoms with Crippen LogP contribution in [0.1, 0.15) is 19.8 Å². The van der Waals surface area contributed by atoms with E-state index < -0.39 is 5.54 Å². The highest BCUT2D eigenvalue weighted by Gasteiger charge is 2.32. The largest absolute Gasteiger partial charge is 0.468 e. The number of esters is 1. The Hall–Kier alpha value is -0.650. The van der Waals surface area contributed by atoms with Crippen LogP contribution in [0.5, 0.6) is 0 Å². The zero-order chi connectivity index (χ0) is 12.7. The van der Waals surface area contributed by atoms with E-state index in [2.05, 4.69) is 5.32 Å². The molecule has 1 aliphatic heterocycles. The summed E-state index contributed by atoms with van der Waals surface area (Å²) < 4.78 is 15.6. The predicted octanol–water partition coefficient (Wildman–Crippen LogP) is 0.581. The molecule has 1 N–H and O–H groups in total. The molecule has 0 aromatic rings. The Morgan fingerprint density at radius 2 is 2.35 bits per heavy atom. The van der Waals surface area contributed by atoms with Gasteiger partial charge in [0.15, 0.2) is 0 Å². The molecule has 1 rings (SSSR count). The molecule has 0 saturated carbocycles. The van der Waals surface area contributed by atoms with E-state index in [4.69, 9.17) is 14.2 Å². The minimum atomic E-state index is -0.666. The van der Waals surface area contributed by atoms with Crippen molar-refractivity contribution >= 4 is 5.97 Å². The minimum absolute atomic E-state index is 0.257. The molecule has 2 atom stereocenters. The lowest BCUT2D eigenvalue weighted by Crippen LogP contribution is -2.49. The van der Waals surface area contributed by atoms with E-state index in [0.29, 0.717) is 25.6 Å². The molecule has 0 radical (unpaired) electrons. The van der Waals surface area contributed by atoms with Crippen LogP contribution in [0.4, 0.5) is 0 Å². The molecule has 1 fully saturated rings. The van der Waals surface area contributed by atoms with Gasteiger partial charge in [0.2, 0.25) is 0 Å². The van der Waals surface area contributed by atoms with Gasteiger partial charge in [-0.3, -0.25) is 4.79 Å². The molecule has 1 heterocycles. The number of nitrogens with one attached hydrogen (secondary N) is 1. The predicted molar refractivity (Wildman–Crippen MR) is 63.8 cm³/mol. The van der Waals surface area contributed by atoms with Gasteiger partial charge < -0.3 is 19.5 Å². The topological polar surface area (TPSA) is 56.8 Å². The van der Waals surface area contributed by atoms with Crippen LogP contribution in [0, 0.1) is 5.92 Å². The maximum Gasteiger partial charge on any atom is 0.325 e. The van der Waals surface area contributed by atoms with Crippen LogP contribution in [0.3, 0.4) is 0 Å². The lowest BCUT2D eigenvalue weighted by Gasteiger charge is -2.26. The third-order valence-corrected chi connectivity index (χ3v) is 3.31. The summed E-state index contributed by atoms with van der Waals surface area (Å²) >= 11 is 0. The summed E-state index contributed by atoms with van der Waals surface area (Å²) in [5, 5.41) is 2.98. The van der Waals surface area contributed by atoms with Crippen LogP contribution in [-0.4, -0.2) is 52.1 Å². The molecule has 0 aromatic heterocycles. The molecule has 0 bridgehead atoms. The average Bonchev–Trinajstić information content (AvgIpc) is 2.86. The van der Waals surface area contributed by atoms with E-state index in [9.17, 15) is 4.79 Å². The third kappa shape index (κ3) is 4.26. The molecule has 0 spiro atoms. The Labute approximate surface area is 103 Å². The fraction of sp³-hybridized carbons (Fsp3) is 0.917. The first-order valence-electron chi connectivity index (χ1n) is 6.05. The number of carbonyl (C=O) groups excluding carboxylic acids is 1. The van der Waals surface area contributed by atoms with E-state index in [0.717, 1.165) is 19.6 Å². The average molecular weight is 245 g/mol. The molecule has 1 saturated heterocycles. The Morgan fingerprint density at radius 1 is 1.59 bits per heavy atom. The van der Waals surface area contributed by atoms with Crippen molar-refractivity contribution in [2.75, 3.05) is 40.6 Å². The fourth-order valence-corrected chi connectivity index (χ4v) is 1.80. The molecule has 5 nitrogen and oxygen atoms in total. The summed E-state index contributed by atoms with van der Waals surface area (Å²) in [5.41, 5.74) is -0.666. The van der Waals surface area contributed by atoms with Crippen molar-refractivity contribution in [1.82, 2.24) is 5.32 Å². The Balaban J connectivity index is 2.20. The van der Waals surface area contributed by atoms with Gasteiger partial charge in [0, 0.05) is 19.1 Å². The number of likely N-dealkylation sites (N-methyl/N-ethyl adjacent to an activating group) is 1. The highest BCUT2D eigenvalue weighted by Crippen LogP contribution is 2.14. The van der Waals surface area contributed by atoms with Crippen molar-refractivity contribution in [2.45, 2.75) is 25.3 Å².